The second-order valence-electron chi connectivity index (χ2n) is 4.77. The van der Waals surface area contributed by atoms with Crippen LogP contribution in [-0.4, -0.2) is 11.4 Å². The summed E-state index contributed by atoms with van der Waals surface area (Å²) in [5.41, 5.74) is 0.200. The molecule has 1 unspecified atom stereocenters. The van der Waals surface area contributed by atoms with Crippen molar-refractivity contribution in [1.29, 1.82) is 0 Å². The van der Waals surface area contributed by atoms with Gasteiger partial charge < -0.3 is 5.32 Å². The van der Waals surface area contributed by atoms with E-state index < -0.39 is 5.38 Å². The molecule has 1 N–H and O–H groups in total. The second kappa shape index (κ2) is 5.36. The van der Waals surface area contributed by atoms with Crippen LogP contribution in [0.15, 0.2) is 22.7 Å². The minimum atomic E-state index is -0.843. The van der Waals surface area contributed by atoms with Crippen molar-refractivity contribution in [2.24, 2.45) is 0 Å². The number of benzene rings is 1. The number of nitrogens with one attached hydrogen (secondary N) is 1. The van der Waals surface area contributed by atoms with Crippen LogP contribution in [0.5, 0.6) is 0 Å². The van der Waals surface area contributed by atoms with E-state index in [1.165, 1.54) is 18.2 Å². The lowest BCUT2D eigenvalue weighted by atomic mass is 10.1. The molecule has 0 aliphatic heterocycles. The van der Waals surface area contributed by atoms with E-state index in [9.17, 15) is 9.18 Å². The number of hydrogen-bond acceptors (Lipinski definition) is 1. The van der Waals surface area contributed by atoms with E-state index in [-0.39, 0.29) is 17.3 Å². The van der Waals surface area contributed by atoms with E-state index in [2.05, 4.69) is 21.2 Å². The van der Waals surface area contributed by atoms with E-state index in [4.69, 9.17) is 11.6 Å². The molecular formula is C12H14BrClFNO. The number of amides is 1. The van der Waals surface area contributed by atoms with E-state index >= 15 is 0 Å². The predicted octanol–water partition coefficient (Wildman–Crippen LogP) is 3.78. The van der Waals surface area contributed by atoms with Crippen LogP contribution < -0.4 is 5.32 Å². The highest BCUT2D eigenvalue weighted by molar-refractivity contribution is 9.10. The smallest absolute Gasteiger partial charge is 0.243 e. The van der Waals surface area contributed by atoms with Crippen molar-refractivity contribution in [1.82, 2.24) is 5.32 Å². The van der Waals surface area contributed by atoms with Gasteiger partial charge in [0, 0.05) is 10.0 Å². The molecule has 0 saturated heterocycles. The van der Waals surface area contributed by atoms with E-state index in [1.807, 2.05) is 20.8 Å². The molecule has 0 radical (unpaired) electrons. The number of hydrogen-bond donors (Lipinski definition) is 1. The molecule has 0 heterocycles. The number of rotatable bonds is 2. The van der Waals surface area contributed by atoms with Gasteiger partial charge >= 0.3 is 0 Å². The summed E-state index contributed by atoms with van der Waals surface area (Å²) < 4.78 is 13.4. The maximum Gasteiger partial charge on any atom is 0.243 e. The fourth-order valence-electron chi connectivity index (χ4n) is 1.28. The molecule has 2 nitrogen and oxygen atoms in total. The highest BCUT2D eigenvalue weighted by Gasteiger charge is 2.24. The van der Waals surface area contributed by atoms with Gasteiger partial charge in [0.2, 0.25) is 5.91 Å². The molecule has 1 amide bonds. The Bertz CT molecular complexity index is 431. The van der Waals surface area contributed by atoms with Gasteiger partial charge in [-0.25, -0.2) is 4.39 Å². The number of carbonyl (C=O) groups excluding carboxylic acids is 1. The molecular weight excluding hydrogens is 308 g/mol. The van der Waals surface area contributed by atoms with E-state index in [1.54, 1.807) is 0 Å². The van der Waals surface area contributed by atoms with E-state index in [0.717, 1.165) is 0 Å². The summed E-state index contributed by atoms with van der Waals surface area (Å²) in [7, 11) is 0. The molecule has 0 bridgehead atoms. The first-order valence-corrected chi connectivity index (χ1v) is 6.35. The molecule has 1 aromatic carbocycles. The monoisotopic (exact) mass is 321 g/mol. The first-order chi connectivity index (χ1) is 7.70. The first-order valence-electron chi connectivity index (χ1n) is 5.12. The average molecular weight is 323 g/mol. The largest absolute Gasteiger partial charge is 0.350 e. The molecule has 0 aliphatic carbocycles. The van der Waals surface area contributed by atoms with Crippen LogP contribution in [0.4, 0.5) is 4.39 Å². The SMILES string of the molecule is CC(C)(C)NC(=O)C(Cl)c1ccc(F)cc1Br. The van der Waals surface area contributed by atoms with Crippen LogP contribution in [-0.2, 0) is 4.79 Å². The van der Waals surface area contributed by atoms with Gasteiger partial charge in [-0.2, -0.15) is 0 Å². The Morgan fingerprint density at radius 2 is 2.06 bits per heavy atom. The van der Waals surface area contributed by atoms with Gasteiger partial charge in [-0.3, -0.25) is 4.79 Å². The zero-order valence-electron chi connectivity index (χ0n) is 9.85. The Hall–Kier alpha value is -0.610. The van der Waals surface area contributed by atoms with Crippen LogP contribution in [0, 0.1) is 5.82 Å². The third-order valence-electron chi connectivity index (χ3n) is 1.96. The molecule has 1 atom stereocenters. The lowest BCUT2D eigenvalue weighted by Crippen LogP contribution is -2.42. The average Bonchev–Trinajstić information content (AvgIpc) is 2.14. The Labute approximate surface area is 114 Å². The van der Waals surface area contributed by atoms with E-state index in [0.29, 0.717) is 10.0 Å². The maximum absolute atomic E-state index is 12.9. The second-order valence-corrected chi connectivity index (χ2v) is 6.06. The van der Waals surface area contributed by atoms with Gasteiger partial charge in [0.25, 0.3) is 0 Å². The van der Waals surface area contributed by atoms with Gasteiger partial charge in [-0.1, -0.05) is 22.0 Å². The predicted molar refractivity (Wildman–Crippen MR) is 70.6 cm³/mol. The van der Waals surface area contributed by atoms with Crippen molar-refractivity contribution in [2.45, 2.75) is 31.7 Å². The third-order valence-corrected chi connectivity index (χ3v) is 3.08. The minimum Gasteiger partial charge on any atom is -0.350 e. The summed E-state index contributed by atoms with van der Waals surface area (Å²) in [6.07, 6.45) is 0. The Morgan fingerprint density at radius 3 is 2.53 bits per heavy atom. The lowest BCUT2D eigenvalue weighted by Gasteiger charge is -2.23. The molecule has 17 heavy (non-hydrogen) atoms. The van der Waals surface area contributed by atoms with Gasteiger partial charge in [0.1, 0.15) is 11.2 Å². The zero-order chi connectivity index (χ0) is 13.2. The first kappa shape index (κ1) is 14.5. The van der Waals surface area contributed by atoms with Crippen LogP contribution in [0.3, 0.4) is 0 Å². The molecule has 0 saturated carbocycles. The molecule has 94 valence electrons. The number of alkyl halides is 1. The summed E-state index contributed by atoms with van der Waals surface area (Å²) in [6, 6.07) is 4.06. The van der Waals surface area contributed by atoms with Crippen LogP contribution in [0.1, 0.15) is 31.7 Å². The number of halogens is 3. The van der Waals surface area contributed by atoms with Crippen molar-refractivity contribution in [3.05, 3.63) is 34.1 Å². The lowest BCUT2D eigenvalue weighted by molar-refractivity contribution is -0.122. The summed E-state index contributed by atoms with van der Waals surface area (Å²) in [5, 5.41) is 1.93. The normalized spacial score (nSPS) is 13.3. The fraction of sp³-hybridized carbons (Fsp3) is 0.417. The third kappa shape index (κ3) is 4.28. The van der Waals surface area contributed by atoms with Crippen molar-refractivity contribution in [3.8, 4) is 0 Å². The maximum atomic E-state index is 12.9. The summed E-state index contributed by atoms with van der Waals surface area (Å²) in [4.78, 5) is 11.8. The molecule has 1 rings (SSSR count). The zero-order valence-corrected chi connectivity index (χ0v) is 12.2. The van der Waals surface area contributed by atoms with Gasteiger partial charge in [0.05, 0.1) is 0 Å². The summed E-state index contributed by atoms with van der Waals surface area (Å²) in [5.74, 6) is -0.674. The molecule has 0 fully saturated rings. The number of carbonyl (C=O) groups is 1. The molecule has 0 aromatic heterocycles. The topological polar surface area (TPSA) is 29.1 Å². The summed E-state index contributed by atoms with van der Waals surface area (Å²) in [6.45, 7) is 5.61. The van der Waals surface area contributed by atoms with Crippen molar-refractivity contribution in [3.63, 3.8) is 0 Å². The minimum absolute atomic E-state index is 0.300. The fourth-order valence-corrected chi connectivity index (χ4v) is 2.24. The highest BCUT2D eigenvalue weighted by atomic mass is 79.9. The Balaban J connectivity index is 2.89. The van der Waals surface area contributed by atoms with Crippen molar-refractivity contribution < 1.29 is 9.18 Å². The summed E-state index contributed by atoms with van der Waals surface area (Å²) >= 11 is 9.25. The standard InChI is InChI=1S/C12H14BrClFNO/c1-12(2,3)16-11(17)10(14)8-5-4-7(15)6-9(8)13/h4-6,10H,1-3H3,(H,16,17). The van der Waals surface area contributed by atoms with Gasteiger partial charge in [0.15, 0.2) is 0 Å². The highest BCUT2D eigenvalue weighted by Crippen LogP contribution is 2.29. The molecule has 5 heteroatoms. The van der Waals surface area contributed by atoms with Crippen LogP contribution in [0.2, 0.25) is 0 Å². The van der Waals surface area contributed by atoms with Gasteiger partial charge in [-0.05, 0) is 38.5 Å². The van der Waals surface area contributed by atoms with Crippen molar-refractivity contribution >= 4 is 33.4 Å². The van der Waals surface area contributed by atoms with Gasteiger partial charge in [-0.15, -0.1) is 11.6 Å². The van der Waals surface area contributed by atoms with Crippen molar-refractivity contribution in [2.75, 3.05) is 0 Å². The molecule has 0 spiro atoms. The quantitative estimate of drug-likeness (QED) is 0.825. The molecule has 0 aliphatic rings. The van der Waals surface area contributed by atoms with Crippen LogP contribution in [0.25, 0.3) is 0 Å². The Kier molecular flexibility index (Phi) is 4.55. The van der Waals surface area contributed by atoms with Crippen LogP contribution >= 0.6 is 27.5 Å². The molecule has 1 aromatic rings. The Morgan fingerprint density at radius 1 is 1.47 bits per heavy atom.